The third-order valence-electron chi connectivity index (χ3n) is 10.1. The molecule has 2 aromatic carbocycles. The molecule has 2 aliphatic heterocycles. The van der Waals surface area contributed by atoms with E-state index in [-0.39, 0.29) is 6.42 Å². The number of hydrogen-bond acceptors (Lipinski definition) is 4. The monoisotopic (exact) mass is 755 g/mol. The van der Waals surface area contributed by atoms with Gasteiger partial charge < -0.3 is 28.1 Å². The van der Waals surface area contributed by atoms with Crippen LogP contribution in [0.1, 0.15) is 64.5 Å². The molecular weight excluding hydrogens is 697 g/mol. The maximum Gasteiger partial charge on any atom is 0.303 e. The van der Waals surface area contributed by atoms with Crippen molar-refractivity contribution in [1.82, 2.24) is 0 Å². The molecule has 284 valence electrons. The van der Waals surface area contributed by atoms with Crippen LogP contribution in [0, 0.1) is 0 Å². The highest BCUT2D eigenvalue weighted by molar-refractivity contribution is 7.79. The highest BCUT2D eigenvalue weighted by Gasteiger charge is 2.45. The Hall–Kier alpha value is -3.26. The van der Waals surface area contributed by atoms with E-state index in [4.69, 9.17) is 0 Å². The number of carbonyl (C=O) groups is 1. The smallest absolute Gasteiger partial charge is 0.303 e. The number of nitrogens with zero attached hydrogens (tertiary/aromatic N) is 4. The molecule has 10 nitrogen and oxygen atoms in total. The lowest BCUT2D eigenvalue weighted by Crippen LogP contribution is -2.37. The van der Waals surface area contributed by atoms with Gasteiger partial charge in [-0.3, -0.25) is 4.79 Å². The largest absolute Gasteiger partial charge is 0.481 e. The Morgan fingerprint density at radius 3 is 1.98 bits per heavy atom. The van der Waals surface area contributed by atoms with E-state index in [2.05, 4.69) is 91.6 Å². The minimum atomic E-state index is -2.10. The van der Waals surface area contributed by atoms with Gasteiger partial charge in [0.05, 0.1) is 77.0 Å². The fourth-order valence-corrected chi connectivity index (χ4v) is 8.07. The maximum absolute atomic E-state index is 12.1. The summed E-state index contributed by atoms with van der Waals surface area (Å²) in [6, 6.07) is 10.9. The summed E-state index contributed by atoms with van der Waals surface area (Å²) in [5.41, 5.74) is 5.97. The summed E-state index contributed by atoms with van der Waals surface area (Å²) < 4.78 is 47.9. The zero-order chi connectivity index (χ0) is 38.8. The van der Waals surface area contributed by atoms with Crippen molar-refractivity contribution in [2.75, 3.05) is 73.4 Å². The van der Waals surface area contributed by atoms with Gasteiger partial charge in [0.1, 0.15) is 0 Å². The van der Waals surface area contributed by atoms with Gasteiger partial charge in [0.15, 0.2) is 34.4 Å². The Kier molecular flexibility index (Phi) is 12.8. The Morgan fingerprint density at radius 1 is 0.827 bits per heavy atom. The first-order valence-electron chi connectivity index (χ1n) is 17.9. The van der Waals surface area contributed by atoms with Gasteiger partial charge >= 0.3 is 5.97 Å². The lowest BCUT2D eigenvalue weighted by Gasteiger charge is -2.29. The number of rotatable bonds is 16. The van der Waals surface area contributed by atoms with Crippen molar-refractivity contribution in [3.8, 4) is 0 Å². The lowest BCUT2D eigenvalue weighted by molar-refractivity contribution is -0.871. The number of carboxylic acid groups (broad SMARTS) is 1. The Balaban J connectivity index is 1.81. The van der Waals surface area contributed by atoms with Crippen LogP contribution in [0.4, 0.5) is 11.4 Å². The predicted molar refractivity (Wildman–Crippen MR) is 211 cm³/mol. The number of benzene rings is 2. The molecule has 0 bridgehead atoms. The van der Waals surface area contributed by atoms with E-state index in [1.54, 1.807) is 12.1 Å². The third kappa shape index (κ3) is 9.83. The SMILES string of the molecule is CC1(C)C(=CC=C(C=CC2=[N+](CCC[N+](C)(C)C)c3ccc(S(=O)O)cc3C2(C)C)CCC(=O)O)N(CCC[N+](C)(C)C)c2ccc(S(=O)O)cc21. The van der Waals surface area contributed by atoms with E-state index in [9.17, 15) is 27.4 Å². The molecule has 2 atom stereocenters. The number of quaternary nitrogens is 2. The molecule has 4 rings (SSSR count). The van der Waals surface area contributed by atoms with Crippen molar-refractivity contribution in [3.05, 3.63) is 83.1 Å². The van der Waals surface area contributed by atoms with Crippen LogP contribution in [0.25, 0.3) is 0 Å². The molecular formula is C40H59N4O6S2+3. The molecule has 0 spiro atoms. The van der Waals surface area contributed by atoms with Gasteiger partial charge in [0, 0.05) is 53.9 Å². The van der Waals surface area contributed by atoms with Gasteiger partial charge in [-0.2, -0.15) is 4.58 Å². The quantitative estimate of drug-likeness (QED) is 0.0781. The number of aliphatic carboxylic acids is 1. The van der Waals surface area contributed by atoms with Crippen molar-refractivity contribution < 1.29 is 41.0 Å². The fraction of sp³-hybridized carbons (Fsp3) is 0.500. The van der Waals surface area contributed by atoms with Gasteiger partial charge in [0.25, 0.3) is 0 Å². The third-order valence-corrected chi connectivity index (χ3v) is 11.4. The van der Waals surface area contributed by atoms with Gasteiger partial charge in [-0.05, 0) is 67.8 Å². The average molecular weight is 756 g/mol. The number of allylic oxidation sites excluding steroid dienone is 6. The molecule has 3 N–H and O–H groups in total. The normalized spacial score (nSPS) is 19.0. The van der Waals surface area contributed by atoms with E-state index < -0.39 is 39.0 Å². The van der Waals surface area contributed by atoms with Crippen LogP contribution in [0.3, 0.4) is 0 Å². The summed E-state index contributed by atoms with van der Waals surface area (Å²) in [4.78, 5) is 14.8. The lowest BCUT2D eigenvalue weighted by atomic mass is 9.81. The zero-order valence-electron chi connectivity index (χ0n) is 32.6. The first kappa shape index (κ1) is 41.5. The van der Waals surface area contributed by atoms with Crippen molar-refractivity contribution >= 4 is 45.2 Å². The molecule has 0 saturated heterocycles. The van der Waals surface area contributed by atoms with Crippen molar-refractivity contribution in [2.45, 2.75) is 74.0 Å². The second kappa shape index (κ2) is 16.0. The van der Waals surface area contributed by atoms with E-state index >= 15 is 0 Å². The number of hydrogen-bond donors (Lipinski definition) is 3. The fourth-order valence-electron chi connectivity index (χ4n) is 7.26. The summed E-state index contributed by atoms with van der Waals surface area (Å²) in [7, 11) is 13.0. The number of carboxylic acids is 1. The average Bonchev–Trinajstić information content (AvgIpc) is 3.36. The number of fused-ring (bicyclic) bond motifs is 2. The molecule has 0 aromatic heterocycles. The van der Waals surface area contributed by atoms with E-state index in [1.165, 1.54) is 0 Å². The Morgan fingerprint density at radius 2 is 1.40 bits per heavy atom. The van der Waals surface area contributed by atoms with Crippen LogP contribution in [0.2, 0.25) is 0 Å². The van der Waals surface area contributed by atoms with E-state index in [0.29, 0.717) is 16.2 Å². The summed E-state index contributed by atoms with van der Waals surface area (Å²) in [5.74, 6) is -0.875. The molecule has 52 heavy (non-hydrogen) atoms. The molecule has 2 unspecified atom stereocenters. The highest BCUT2D eigenvalue weighted by atomic mass is 32.2. The second-order valence-corrected chi connectivity index (χ2v) is 19.0. The first-order chi connectivity index (χ1) is 24.0. The topological polar surface area (TPSA) is 118 Å². The maximum atomic E-state index is 12.1. The van der Waals surface area contributed by atoms with Crippen molar-refractivity contribution in [1.29, 1.82) is 0 Å². The molecule has 2 heterocycles. The van der Waals surface area contributed by atoms with Gasteiger partial charge in [-0.25, -0.2) is 8.42 Å². The minimum Gasteiger partial charge on any atom is -0.481 e. The molecule has 2 aromatic rings. The van der Waals surface area contributed by atoms with Crippen LogP contribution in [0.5, 0.6) is 0 Å². The zero-order valence-corrected chi connectivity index (χ0v) is 34.2. The Labute approximate surface area is 315 Å². The molecule has 0 aliphatic carbocycles. The highest BCUT2D eigenvalue weighted by Crippen LogP contribution is 2.48. The van der Waals surface area contributed by atoms with Crippen molar-refractivity contribution in [3.63, 3.8) is 0 Å². The van der Waals surface area contributed by atoms with E-state index in [0.717, 1.165) is 87.5 Å². The summed E-state index contributed by atoms with van der Waals surface area (Å²) in [6.45, 7) is 12.0. The van der Waals surface area contributed by atoms with Gasteiger partial charge in [0.2, 0.25) is 5.69 Å². The molecule has 2 aliphatic rings. The van der Waals surface area contributed by atoms with Gasteiger partial charge in [-0.1, -0.05) is 26.0 Å². The number of anilines is 1. The Bertz CT molecular complexity index is 1860. The molecule has 0 fully saturated rings. The van der Waals surface area contributed by atoms with Crippen LogP contribution in [-0.2, 0) is 37.8 Å². The molecule has 0 amide bonds. The van der Waals surface area contributed by atoms with E-state index in [1.807, 2.05) is 36.4 Å². The predicted octanol–water partition coefficient (Wildman–Crippen LogP) is 6.45. The molecule has 0 saturated carbocycles. The van der Waals surface area contributed by atoms with Crippen LogP contribution in [-0.4, -0.2) is 116 Å². The molecule has 0 radical (unpaired) electrons. The minimum absolute atomic E-state index is 0.0281. The van der Waals surface area contributed by atoms with Crippen LogP contribution >= 0.6 is 0 Å². The second-order valence-electron chi connectivity index (χ2n) is 17.1. The summed E-state index contributed by atoms with van der Waals surface area (Å²) in [5, 5.41) is 9.69. The summed E-state index contributed by atoms with van der Waals surface area (Å²) >= 11 is -4.21. The van der Waals surface area contributed by atoms with Crippen LogP contribution < -0.4 is 4.90 Å². The van der Waals surface area contributed by atoms with Crippen molar-refractivity contribution in [2.24, 2.45) is 0 Å². The standard InChI is InChI=1S/C40H56N4O6S2/c1-39(2)32-27-30(51(47)48)16-18-34(32)41(23-11-25-43(5,6)7)36(39)20-13-29(15-22-38(45)46)14-21-37-40(3,4)33-28-31(52(49)50)17-19-35(33)42(37)24-12-26-44(8,9)10/h13-14,16-21,27-28H,11-12,15,22-26H2,1-10H3/p+3. The van der Waals surface area contributed by atoms with Gasteiger partial charge in [-0.15, -0.1) is 0 Å². The molecule has 12 heteroatoms. The summed E-state index contributed by atoms with van der Waals surface area (Å²) in [6.07, 6.45) is 10.4. The van der Waals surface area contributed by atoms with Crippen LogP contribution in [0.15, 0.2) is 81.8 Å². The first-order valence-corrected chi connectivity index (χ1v) is 20.1.